The molecular weight excluding hydrogens is 263 g/mol. The Labute approximate surface area is 113 Å². The quantitative estimate of drug-likeness (QED) is 0.837. The summed E-state index contributed by atoms with van der Waals surface area (Å²) >= 11 is 0. The van der Waals surface area contributed by atoms with E-state index in [1.165, 1.54) is 12.1 Å². The molecule has 2 aromatic rings. The van der Waals surface area contributed by atoms with Gasteiger partial charge in [-0.05, 0) is 30.3 Å². The summed E-state index contributed by atoms with van der Waals surface area (Å²) < 4.78 is 18.7. The van der Waals surface area contributed by atoms with Gasteiger partial charge in [-0.1, -0.05) is 6.07 Å². The predicted molar refractivity (Wildman–Crippen MR) is 69.0 cm³/mol. The van der Waals surface area contributed by atoms with Crippen molar-refractivity contribution in [2.24, 2.45) is 0 Å². The van der Waals surface area contributed by atoms with E-state index in [1.54, 1.807) is 18.2 Å². The zero-order valence-corrected chi connectivity index (χ0v) is 10.1. The summed E-state index contributed by atoms with van der Waals surface area (Å²) in [7, 11) is 0. The Balaban J connectivity index is 2.46. The number of nitrogens with two attached hydrogens (primary N) is 1. The standard InChI is InChI=1S/C14H9FN2O3/c15-10-4-5-11(12(13(10)17)14(18)19)20-9-3-1-2-8(6-9)7-16/h1-6H,17H2,(H,18,19). The van der Waals surface area contributed by atoms with E-state index in [-0.39, 0.29) is 11.5 Å². The molecule has 0 saturated carbocycles. The van der Waals surface area contributed by atoms with Crippen molar-refractivity contribution >= 4 is 11.7 Å². The van der Waals surface area contributed by atoms with E-state index < -0.39 is 23.0 Å². The minimum absolute atomic E-state index is 0.0912. The number of nitrogen functional groups attached to an aromatic ring is 1. The van der Waals surface area contributed by atoms with Crippen LogP contribution in [0.1, 0.15) is 15.9 Å². The summed E-state index contributed by atoms with van der Waals surface area (Å²) in [5, 5.41) is 17.9. The largest absolute Gasteiger partial charge is 0.477 e. The summed E-state index contributed by atoms with van der Waals surface area (Å²) in [6, 6.07) is 10.3. The third kappa shape index (κ3) is 2.52. The van der Waals surface area contributed by atoms with Gasteiger partial charge in [0.2, 0.25) is 0 Å². The Morgan fingerprint density at radius 1 is 1.35 bits per heavy atom. The lowest BCUT2D eigenvalue weighted by atomic mass is 10.1. The van der Waals surface area contributed by atoms with E-state index >= 15 is 0 Å². The van der Waals surface area contributed by atoms with Gasteiger partial charge in [0.15, 0.2) is 0 Å². The average Bonchev–Trinajstić information content (AvgIpc) is 2.43. The second kappa shape index (κ2) is 5.28. The van der Waals surface area contributed by atoms with Crippen LogP contribution in [0.4, 0.5) is 10.1 Å². The lowest BCUT2D eigenvalue weighted by Gasteiger charge is -2.11. The minimum atomic E-state index is -1.39. The van der Waals surface area contributed by atoms with Crippen molar-refractivity contribution in [3.63, 3.8) is 0 Å². The van der Waals surface area contributed by atoms with Gasteiger partial charge in [-0.3, -0.25) is 0 Å². The van der Waals surface area contributed by atoms with Crippen molar-refractivity contribution in [2.75, 3.05) is 5.73 Å². The third-order valence-corrected chi connectivity index (χ3v) is 2.56. The molecule has 0 atom stereocenters. The van der Waals surface area contributed by atoms with Crippen LogP contribution in [0.5, 0.6) is 11.5 Å². The lowest BCUT2D eigenvalue weighted by Crippen LogP contribution is -2.07. The summed E-state index contributed by atoms with van der Waals surface area (Å²) in [6.45, 7) is 0. The molecule has 20 heavy (non-hydrogen) atoms. The molecular formula is C14H9FN2O3. The highest BCUT2D eigenvalue weighted by molar-refractivity contribution is 5.97. The molecule has 0 radical (unpaired) electrons. The van der Waals surface area contributed by atoms with E-state index in [4.69, 9.17) is 20.8 Å². The fourth-order valence-electron chi connectivity index (χ4n) is 1.64. The molecule has 0 aliphatic carbocycles. The summed E-state index contributed by atoms with van der Waals surface area (Å²) in [4.78, 5) is 11.1. The second-order valence-electron chi connectivity index (χ2n) is 3.88. The molecule has 0 aliphatic rings. The number of carboxylic acids is 1. The molecule has 0 spiro atoms. The van der Waals surface area contributed by atoms with Gasteiger partial charge < -0.3 is 15.6 Å². The summed E-state index contributed by atoms with van der Waals surface area (Å²) in [5.41, 5.74) is 4.82. The molecule has 2 aromatic carbocycles. The van der Waals surface area contributed by atoms with Crippen LogP contribution in [0.15, 0.2) is 36.4 Å². The maximum absolute atomic E-state index is 13.3. The number of hydrogen-bond donors (Lipinski definition) is 2. The number of nitriles is 1. The molecule has 0 aromatic heterocycles. The van der Waals surface area contributed by atoms with E-state index in [0.29, 0.717) is 5.56 Å². The maximum atomic E-state index is 13.3. The van der Waals surface area contributed by atoms with E-state index in [1.807, 2.05) is 6.07 Å². The number of anilines is 1. The minimum Gasteiger partial charge on any atom is -0.477 e. The lowest BCUT2D eigenvalue weighted by molar-refractivity contribution is 0.0695. The van der Waals surface area contributed by atoms with Crippen LogP contribution in [0.3, 0.4) is 0 Å². The van der Waals surface area contributed by atoms with E-state index in [9.17, 15) is 9.18 Å². The summed E-state index contributed by atoms with van der Waals surface area (Å²) in [5.74, 6) is -2.06. The van der Waals surface area contributed by atoms with Gasteiger partial charge in [0, 0.05) is 0 Å². The second-order valence-corrected chi connectivity index (χ2v) is 3.88. The highest BCUT2D eigenvalue weighted by Gasteiger charge is 2.19. The van der Waals surface area contributed by atoms with Crippen LogP contribution in [-0.2, 0) is 0 Å². The van der Waals surface area contributed by atoms with Gasteiger partial charge in [-0.2, -0.15) is 5.26 Å². The van der Waals surface area contributed by atoms with Crippen molar-refractivity contribution in [1.29, 1.82) is 5.26 Å². The molecule has 2 rings (SSSR count). The zero-order valence-electron chi connectivity index (χ0n) is 10.1. The number of halogens is 1. The molecule has 3 N–H and O–H groups in total. The Hall–Kier alpha value is -3.07. The van der Waals surface area contributed by atoms with Crippen LogP contribution >= 0.6 is 0 Å². The highest BCUT2D eigenvalue weighted by atomic mass is 19.1. The number of carboxylic acid groups (broad SMARTS) is 1. The third-order valence-electron chi connectivity index (χ3n) is 2.56. The number of rotatable bonds is 3. The maximum Gasteiger partial charge on any atom is 0.341 e. The number of nitrogens with zero attached hydrogens (tertiary/aromatic N) is 1. The fraction of sp³-hybridized carbons (Fsp3) is 0. The van der Waals surface area contributed by atoms with Crippen molar-refractivity contribution in [3.05, 3.63) is 53.3 Å². The first-order valence-electron chi connectivity index (χ1n) is 5.52. The molecule has 0 aliphatic heterocycles. The van der Waals surface area contributed by atoms with Crippen LogP contribution < -0.4 is 10.5 Å². The first kappa shape index (κ1) is 13.4. The number of carbonyl (C=O) groups is 1. The smallest absolute Gasteiger partial charge is 0.341 e. The Morgan fingerprint density at radius 2 is 2.10 bits per heavy atom. The number of hydrogen-bond acceptors (Lipinski definition) is 4. The first-order valence-corrected chi connectivity index (χ1v) is 5.52. The normalized spacial score (nSPS) is 9.80. The van der Waals surface area contributed by atoms with Gasteiger partial charge in [0.05, 0.1) is 17.3 Å². The zero-order chi connectivity index (χ0) is 14.7. The van der Waals surface area contributed by atoms with Gasteiger partial charge in [0.1, 0.15) is 22.9 Å². The Bertz CT molecular complexity index is 723. The number of benzene rings is 2. The van der Waals surface area contributed by atoms with Crippen molar-refractivity contribution < 1.29 is 19.0 Å². The van der Waals surface area contributed by atoms with Crippen molar-refractivity contribution in [1.82, 2.24) is 0 Å². The molecule has 0 fully saturated rings. The first-order chi connectivity index (χ1) is 9.52. The summed E-state index contributed by atoms with van der Waals surface area (Å²) in [6.07, 6.45) is 0. The monoisotopic (exact) mass is 272 g/mol. The molecule has 0 bridgehead atoms. The van der Waals surface area contributed by atoms with Crippen molar-refractivity contribution in [3.8, 4) is 17.6 Å². The van der Waals surface area contributed by atoms with E-state index in [0.717, 1.165) is 6.07 Å². The Morgan fingerprint density at radius 3 is 2.75 bits per heavy atom. The molecule has 0 saturated heterocycles. The Kier molecular flexibility index (Phi) is 3.53. The molecule has 100 valence electrons. The van der Waals surface area contributed by atoms with Gasteiger partial charge in [-0.15, -0.1) is 0 Å². The molecule has 0 unspecified atom stereocenters. The van der Waals surface area contributed by atoms with Crippen LogP contribution in [-0.4, -0.2) is 11.1 Å². The van der Waals surface area contributed by atoms with Crippen LogP contribution in [0, 0.1) is 17.1 Å². The fourth-order valence-corrected chi connectivity index (χ4v) is 1.64. The predicted octanol–water partition coefficient (Wildman–Crippen LogP) is 2.77. The van der Waals surface area contributed by atoms with E-state index in [2.05, 4.69) is 0 Å². The number of ether oxygens (including phenoxy) is 1. The van der Waals surface area contributed by atoms with Crippen molar-refractivity contribution in [2.45, 2.75) is 0 Å². The molecule has 0 heterocycles. The highest BCUT2D eigenvalue weighted by Crippen LogP contribution is 2.31. The molecule has 5 nitrogen and oxygen atoms in total. The van der Waals surface area contributed by atoms with Crippen LogP contribution in [0.2, 0.25) is 0 Å². The van der Waals surface area contributed by atoms with Gasteiger partial charge >= 0.3 is 5.97 Å². The number of aromatic carboxylic acids is 1. The van der Waals surface area contributed by atoms with Crippen LogP contribution in [0.25, 0.3) is 0 Å². The van der Waals surface area contributed by atoms with Gasteiger partial charge in [0.25, 0.3) is 0 Å². The molecule has 6 heteroatoms. The topological polar surface area (TPSA) is 96.3 Å². The average molecular weight is 272 g/mol. The molecule has 0 amide bonds. The van der Waals surface area contributed by atoms with Gasteiger partial charge in [-0.25, -0.2) is 9.18 Å². The SMILES string of the molecule is N#Cc1cccc(Oc2ccc(F)c(N)c2C(=O)O)c1.